The fourth-order valence-electron chi connectivity index (χ4n) is 2.93. The largest absolute Gasteiger partial charge is 0.496 e. The molecule has 150 valence electrons. The van der Waals surface area contributed by atoms with Crippen LogP contribution < -0.4 is 10.1 Å². The smallest absolute Gasteiger partial charge is 0.259 e. The van der Waals surface area contributed by atoms with Gasteiger partial charge in [-0.2, -0.15) is 4.31 Å². The van der Waals surface area contributed by atoms with Gasteiger partial charge in [-0.3, -0.25) is 4.79 Å². The van der Waals surface area contributed by atoms with Gasteiger partial charge < -0.3 is 15.0 Å². The Labute approximate surface area is 163 Å². The summed E-state index contributed by atoms with van der Waals surface area (Å²) < 4.78 is 45.6. The Bertz CT molecular complexity index is 956. The monoisotopic (exact) mass is 407 g/mol. The van der Waals surface area contributed by atoms with Crippen LogP contribution in [0.2, 0.25) is 0 Å². The molecule has 1 amide bonds. The Kier molecular flexibility index (Phi) is 5.97. The first-order chi connectivity index (χ1) is 13.3. The number of anilines is 1. The van der Waals surface area contributed by atoms with Crippen LogP contribution in [-0.2, 0) is 10.0 Å². The average molecular weight is 407 g/mol. The number of carbonyl (C=O) groups excluding carboxylic acids is 1. The molecule has 0 atom stereocenters. The molecule has 7 nitrogen and oxygen atoms in total. The number of hydrogen-bond acceptors (Lipinski definition) is 5. The predicted octanol–water partition coefficient (Wildman–Crippen LogP) is 2.02. The first-order valence-corrected chi connectivity index (χ1v) is 10.2. The van der Waals surface area contributed by atoms with Gasteiger partial charge in [0.1, 0.15) is 11.6 Å². The molecule has 2 aromatic rings. The van der Waals surface area contributed by atoms with Crippen LogP contribution in [-0.4, -0.2) is 63.9 Å². The van der Waals surface area contributed by atoms with Gasteiger partial charge in [0.05, 0.1) is 17.6 Å². The number of rotatable bonds is 5. The fraction of sp³-hybridized carbons (Fsp3) is 0.316. The summed E-state index contributed by atoms with van der Waals surface area (Å²) in [6, 6.07) is 9.49. The first-order valence-electron chi connectivity index (χ1n) is 8.75. The van der Waals surface area contributed by atoms with Gasteiger partial charge in [0, 0.05) is 31.9 Å². The van der Waals surface area contributed by atoms with Crippen molar-refractivity contribution in [2.45, 2.75) is 4.90 Å². The second-order valence-electron chi connectivity index (χ2n) is 6.53. The van der Waals surface area contributed by atoms with Crippen LogP contribution in [0.15, 0.2) is 47.4 Å². The number of halogens is 1. The van der Waals surface area contributed by atoms with E-state index in [1.807, 2.05) is 7.05 Å². The predicted molar refractivity (Wildman–Crippen MR) is 104 cm³/mol. The van der Waals surface area contributed by atoms with Crippen molar-refractivity contribution in [3.05, 3.63) is 53.8 Å². The van der Waals surface area contributed by atoms with Crippen LogP contribution in [0, 0.1) is 5.82 Å². The molecule has 1 fully saturated rings. The number of sulfonamides is 1. The van der Waals surface area contributed by atoms with Gasteiger partial charge in [-0.05, 0) is 49.5 Å². The molecule has 2 aromatic carbocycles. The van der Waals surface area contributed by atoms with E-state index in [4.69, 9.17) is 4.74 Å². The van der Waals surface area contributed by atoms with Crippen molar-refractivity contribution in [2.24, 2.45) is 0 Å². The van der Waals surface area contributed by atoms with E-state index < -0.39 is 21.7 Å². The Balaban J connectivity index is 1.89. The Morgan fingerprint density at radius 3 is 2.32 bits per heavy atom. The Hall–Kier alpha value is -2.49. The number of likely N-dealkylation sites (N-methyl/N-ethyl adjacent to an activating group) is 1. The molecule has 1 aliphatic heterocycles. The maximum absolute atomic E-state index is 13.0. The molecule has 0 aromatic heterocycles. The molecule has 3 rings (SSSR count). The summed E-state index contributed by atoms with van der Waals surface area (Å²) in [6.07, 6.45) is 0. The number of amides is 1. The summed E-state index contributed by atoms with van der Waals surface area (Å²) in [5.41, 5.74) is 0.475. The number of ether oxygens (including phenoxy) is 1. The Morgan fingerprint density at radius 1 is 1.07 bits per heavy atom. The number of piperazine rings is 1. The highest BCUT2D eigenvalue weighted by Crippen LogP contribution is 2.26. The lowest BCUT2D eigenvalue weighted by atomic mass is 10.2. The molecule has 9 heteroatoms. The molecule has 1 N–H and O–H groups in total. The van der Waals surface area contributed by atoms with E-state index in [-0.39, 0.29) is 16.2 Å². The number of nitrogens with zero attached hydrogens (tertiary/aromatic N) is 2. The zero-order valence-corrected chi connectivity index (χ0v) is 16.5. The Morgan fingerprint density at radius 2 is 1.71 bits per heavy atom. The molecule has 0 aliphatic carbocycles. The number of hydrogen-bond donors (Lipinski definition) is 1. The van der Waals surface area contributed by atoms with Crippen LogP contribution >= 0.6 is 0 Å². The number of nitrogens with one attached hydrogen (secondary N) is 1. The van der Waals surface area contributed by atoms with E-state index in [1.165, 1.54) is 53.9 Å². The molecule has 0 radical (unpaired) electrons. The lowest BCUT2D eigenvalue weighted by Gasteiger charge is -2.31. The fourth-order valence-corrected chi connectivity index (χ4v) is 4.38. The second kappa shape index (κ2) is 8.26. The highest BCUT2D eigenvalue weighted by molar-refractivity contribution is 7.89. The zero-order chi connectivity index (χ0) is 20.3. The number of methoxy groups -OCH3 is 1. The molecule has 0 unspecified atom stereocenters. The van der Waals surface area contributed by atoms with E-state index in [9.17, 15) is 17.6 Å². The maximum Gasteiger partial charge on any atom is 0.259 e. The highest BCUT2D eigenvalue weighted by Gasteiger charge is 2.29. The van der Waals surface area contributed by atoms with E-state index in [2.05, 4.69) is 10.2 Å². The minimum Gasteiger partial charge on any atom is -0.496 e. The van der Waals surface area contributed by atoms with Crippen molar-refractivity contribution < 1.29 is 22.3 Å². The SMILES string of the molecule is COc1ccc(S(=O)(=O)N2CCN(C)CC2)cc1C(=O)Nc1ccc(F)cc1. The van der Waals surface area contributed by atoms with Gasteiger partial charge in [-0.1, -0.05) is 0 Å². The second-order valence-corrected chi connectivity index (χ2v) is 8.47. The summed E-state index contributed by atoms with van der Waals surface area (Å²) >= 11 is 0. The van der Waals surface area contributed by atoms with E-state index >= 15 is 0 Å². The van der Waals surface area contributed by atoms with Crippen LogP contribution in [0.3, 0.4) is 0 Å². The van der Waals surface area contributed by atoms with E-state index in [0.717, 1.165) is 0 Å². The van der Waals surface area contributed by atoms with Crippen LogP contribution in [0.1, 0.15) is 10.4 Å². The van der Waals surface area contributed by atoms with E-state index in [1.54, 1.807) is 0 Å². The average Bonchev–Trinajstić information content (AvgIpc) is 2.69. The minimum atomic E-state index is -3.72. The zero-order valence-electron chi connectivity index (χ0n) is 15.7. The first kappa shape index (κ1) is 20.2. The van der Waals surface area contributed by atoms with E-state index in [0.29, 0.717) is 31.9 Å². The van der Waals surface area contributed by atoms with Crippen molar-refractivity contribution >= 4 is 21.6 Å². The third-order valence-electron chi connectivity index (χ3n) is 4.62. The topological polar surface area (TPSA) is 79.0 Å². The quantitative estimate of drug-likeness (QED) is 0.821. The lowest BCUT2D eigenvalue weighted by Crippen LogP contribution is -2.47. The third-order valence-corrected chi connectivity index (χ3v) is 6.51. The summed E-state index contributed by atoms with van der Waals surface area (Å²) in [4.78, 5) is 14.8. The molecule has 0 bridgehead atoms. The molecule has 0 saturated carbocycles. The van der Waals surface area contributed by atoms with Gasteiger partial charge in [0.2, 0.25) is 10.0 Å². The molecule has 1 heterocycles. The normalized spacial score (nSPS) is 16.0. The van der Waals surface area contributed by atoms with Crippen molar-refractivity contribution in [1.82, 2.24) is 9.21 Å². The summed E-state index contributed by atoms with van der Waals surface area (Å²) in [6.45, 7) is 2.07. The van der Waals surface area contributed by atoms with Gasteiger partial charge in [0.25, 0.3) is 5.91 Å². The van der Waals surface area contributed by atoms with Crippen LogP contribution in [0.4, 0.5) is 10.1 Å². The molecular formula is C19H22FN3O4S. The van der Waals surface area contributed by atoms with Crippen molar-refractivity contribution in [3.63, 3.8) is 0 Å². The number of benzene rings is 2. The van der Waals surface area contributed by atoms with Gasteiger partial charge >= 0.3 is 0 Å². The lowest BCUT2D eigenvalue weighted by molar-refractivity contribution is 0.102. The molecular weight excluding hydrogens is 385 g/mol. The van der Waals surface area contributed by atoms with Gasteiger partial charge in [-0.25, -0.2) is 12.8 Å². The van der Waals surface area contributed by atoms with Crippen molar-refractivity contribution in [1.29, 1.82) is 0 Å². The van der Waals surface area contributed by atoms with Gasteiger partial charge in [-0.15, -0.1) is 0 Å². The third kappa shape index (κ3) is 4.32. The maximum atomic E-state index is 13.0. The summed E-state index contributed by atoms with van der Waals surface area (Å²) in [7, 11) is -0.382. The molecule has 28 heavy (non-hydrogen) atoms. The summed E-state index contributed by atoms with van der Waals surface area (Å²) in [5.74, 6) is -0.716. The molecule has 0 spiro atoms. The summed E-state index contributed by atoms with van der Waals surface area (Å²) in [5, 5.41) is 2.62. The minimum absolute atomic E-state index is 0.0297. The van der Waals surface area contributed by atoms with Crippen LogP contribution in [0.25, 0.3) is 0 Å². The van der Waals surface area contributed by atoms with Crippen molar-refractivity contribution in [2.75, 3.05) is 45.7 Å². The number of carbonyl (C=O) groups is 1. The van der Waals surface area contributed by atoms with Crippen LogP contribution in [0.5, 0.6) is 5.75 Å². The molecule has 1 aliphatic rings. The standard InChI is InChI=1S/C19H22FN3O4S/c1-22-9-11-23(12-10-22)28(25,26)16-7-8-18(27-2)17(13-16)19(24)21-15-5-3-14(20)4-6-15/h3-8,13H,9-12H2,1-2H3,(H,21,24). The van der Waals surface area contributed by atoms with Crippen molar-refractivity contribution in [3.8, 4) is 5.75 Å². The molecule has 1 saturated heterocycles. The highest BCUT2D eigenvalue weighted by atomic mass is 32.2. The van der Waals surface area contributed by atoms with Gasteiger partial charge in [0.15, 0.2) is 0 Å².